The molecule has 1 aromatic heterocycles. The van der Waals surface area contributed by atoms with E-state index < -0.39 is 5.41 Å². The van der Waals surface area contributed by atoms with Crippen molar-refractivity contribution in [1.82, 2.24) is 9.80 Å². The van der Waals surface area contributed by atoms with Crippen molar-refractivity contribution >= 4 is 11.8 Å². The molecule has 2 saturated heterocycles. The summed E-state index contributed by atoms with van der Waals surface area (Å²) in [6.45, 7) is 4.18. The van der Waals surface area contributed by atoms with E-state index in [0.717, 1.165) is 24.3 Å². The summed E-state index contributed by atoms with van der Waals surface area (Å²) in [5, 5.41) is 0. The van der Waals surface area contributed by atoms with E-state index in [-0.39, 0.29) is 11.8 Å². The summed E-state index contributed by atoms with van der Waals surface area (Å²) in [6.07, 6.45) is 1.50. The van der Waals surface area contributed by atoms with Gasteiger partial charge in [0.1, 0.15) is 11.5 Å². The Balaban J connectivity index is 1.44. The van der Waals surface area contributed by atoms with E-state index in [1.54, 1.807) is 24.1 Å². The van der Waals surface area contributed by atoms with Gasteiger partial charge in [-0.2, -0.15) is 0 Å². The number of nitrogens with zero attached hydrogens (tertiary/aromatic N) is 2. The van der Waals surface area contributed by atoms with Crippen LogP contribution in [0.15, 0.2) is 40.8 Å². The Hall–Kier alpha value is -2.76. The second-order valence-corrected chi connectivity index (χ2v) is 7.50. The van der Waals surface area contributed by atoms with Gasteiger partial charge in [-0.05, 0) is 49.6 Å². The van der Waals surface area contributed by atoms with Crippen molar-refractivity contribution in [3.8, 4) is 5.75 Å². The van der Waals surface area contributed by atoms with Crippen LogP contribution in [0.4, 0.5) is 0 Å². The van der Waals surface area contributed by atoms with Gasteiger partial charge in [0.15, 0.2) is 5.76 Å². The highest BCUT2D eigenvalue weighted by atomic mass is 16.5. The molecule has 6 nitrogen and oxygen atoms in total. The summed E-state index contributed by atoms with van der Waals surface area (Å²) in [5.74, 6) is 1.88. The monoisotopic (exact) mass is 368 g/mol. The van der Waals surface area contributed by atoms with E-state index in [1.165, 1.54) is 0 Å². The van der Waals surface area contributed by atoms with E-state index in [1.807, 2.05) is 36.1 Å². The Bertz CT molecular complexity index is 875. The molecular weight excluding hydrogens is 344 g/mol. The fourth-order valence-electron chi connectivity index (χ4n) is 4.16. The standard InChI is InChI=1S/C21H24N2O4/c1-15-6-7-18(27-15)19(24)23-11-9-21(14-23)8-10-22(20(21)25)13-16-4-3-5-17(12-16)26-2/h3-7,12H,8-11,13-14H2,1-2H3. The maximum atomic E-state index is 13.1. The minimum Gasteiger partial charge on any atom is -0.497 e. The van der Waals surface area contributed by atoms with Crippen molar-refractivity contribution in [2.45, 2.75) is 26.3 Å². The molecule has 0 radical (unpaired) electrons. The van der Waals surface area contributed by atoms with E-state index in [2.05, 4.69) is 0 Å². The normalized spacial score (nSPS) is 22.1. The summed E-state index contributed by atoms with van der Waals surface area (Å²) >= 11 is 0. The van der Waals surface area contributed by atoms with Gasteiger partial charge in [0, 0.05) is 26.2 Å². The lowest BCUT2D eigenvalue weighted by Crippen LogP contribution is -2.38. The number of amides is 2. The van der Waals surface area contributed by atoms with Crippen molar-refractivity contribution in [2.24, 2.45) is 5.41 Å². The average Bonchev–Trinajstić information content (AvgIpc) is 3.38. The fourth-order valence-corrected chi connectivity index (χ4v) is 4.16. The zero-order chi connectivity index (χ0) is 19.0. The van der Waals surface area contributed by atoms with Crippen molar-refractivity contribution < 1.29 is 18.7 Å². The molecule has 2 aliphatic rings. The Labute approximate surface area is 158 Å². The third kappa shape index (κ3) is 3.20. The van der Waals surface area contributed by atoms with Crippen LogP contribution in [-0.4, -0.2) is 48.4 Å². The number of carbonyl (C=O) groups excluding carboxylic acids is 2. The lowest BCUT2D eigenvalue weighted by Gasteiger charge is -2.23. The molecule has 0 bridgehead atoms. The molecule has 2 aliphatic heterocycles. The lowest BCUT2D eigenvalue weighted by atomic mass is 9.85. The van der Waals surface area contributed by atoms with Gasteiger partial charge in [-0.25, -0.2) is 0 Å². The first-order chi connectivity index (χ1) is 13.0. The first-order valence-electron chi connectivity index (χ1n) is 9.29. The molecule has 1 atom stereocenters. The molecule has 6 heteroatoms. The smallest absolute Gasteiger partial charge is 0.289 e. The van der Waals surface area contributed by atoms with Crippen molar-refractivity contribution in [1.29, 1.82) is 0 Å². The van der Waals surface area contributed by atoms with Gasteiger partial charge >= 0.3 is 0 Å². The Morgan fingerprint density at radius 1 is 1.22 bits per heavy atom. The Morgan fingerprint density at radius 3 is 2.78 bits per heavy atom. The SMILES string of the molecule is COc1cccc(CN2CCC3(CCN(C(=O)c4ccc(C)o4)C3)C2=O)c1. The number of furan rings is 1. The zero-order valence-electron chi connectivity index (χ0n) is 15.7. The number of hydrogen-bond donors (Lipinski definition) is 0. The van der Waals surface area contributed by atoms with Gasteiger partial charge in [0.2, 0.25) is 5.91 Å². The first kappa shape index (κ1) is 17.6. The third-order valence-corrected chi connectivity index (χ3v) is 5.70. The van der Waals surface area contributed by atoms with Crippen LogP contribution in [0.1, 0.15) is 34.7 Å². The average molecular weight is 368 g/mol. The number of rotatable bonds is 4. The largest absolute Gasteiger partial charge is 0.497 e. The second kappa shape index (κ2) is 6.76. The van der Waals surface area contributed by atoms with Gasteiger partial charge in [0.25, 0.3) is 5.91 Å². The van der Waals surface area contributed by atoms with Crippen LogP contribution in [0.3, 0.4) is 0 Å². The number of carbonyl (C=O) groups is 2. The first-order valence-corrected chi connectivity index (χ1v) is 9.29. The minimum atomic E-state index is -0.448. The van der Waals surface area contributed by atoms with Crippen LogP contribution in [-0.2, 0) is 11.3 Å². The van der Waals surface area contributed by atoms with Gasteiger partial charge in [-0.15, -0.1) is 0 Å². The molecule has 0 saturated carbocycles. The van der Waals surface area contributed by atoms with Crippen LogP contribution in [0.25, 0.3) is 0 Å². The summed E-state index contributed by atoms with van der Waals surface area (Å²) < 4.78 is 10.7. The predicted octanol–water partition coefficient (Wildman–Crippen LogP) is 2.86. The molecular formula is C21H24N2O4. The Kier molecular flexibility index (Phi) is 4.42. The Morgan fingerprint density at radius 2 is 2.04 bits per heavy atom. The highest BCUT2D eigenvalue weighted by molar-refractivity contribution is 5.93. The topological polar surface area (TPSA) is 63.0 Å². The molecule has 1 unspecified atom stereocenters. The van der Waals surface area contributed by atoms with E-state index in [9.17, 15) is 9.59 Å². The van der Waals surface area contributed by atoms with Crippen LogP contribution < -0.4 is 4.74 Å². The summed E-state index contributed by atoms with van der Waals surface area (Å²) in [4.78, 5) is 29.4. The van der Waals surface area contributed by atoms with E-state index in [4.69, 9.17) is 9.15 Å². The molecule has 27 heavy (non-hydrogen) atoms. The molecule has 142 valence electrons. The quantitative estimate of drug-likeness (QED) is 0.833. The zero-order valence-corrected chi connectivity index (χ0v) is 15.7. The summed E-state index contributed by atoms with van der Waals surface area (Å²) in [6, 6.07) is 11.3. The van der Waals surface area contributed by atoms with Gasteiger partial charge in [-0.1, -0.05) is 12.1 Å². The molecule has 2 fully saturated rings. The molecule has 3 heterocycles. The second-order valence-electron chi connectivity index (χ2n) is 7.50. The van der Waals surface area contributed by atoms with Crippen LogP contribution >= 0.6 is 0 Å². The number of benzene rings is 1. The lowest BCUT2D eigenvalue weighted by molar-refractivity contribution is -0.135. The van der Waals surface area contributed by atoms with Gasteiger partial charge in [0.05, 0.1) is 12.5 Å². The number of aryl methyl sites for hydroxylation is 1. The van der Waals surface area contributed by atoms with Gasteiger partial charge < -0.3 is 19.0 Å². The van der Waals surface area contributed by atoms with E-state index >= 15 is 0 Å². The van der Waals surface area contributed by atoms with Gasteiger partial charge in [-0.3, -0.25) is 9.59 Å². The van der Waals surface area contributed by atoms with Crippen LogP contribution in [0.2, 0.25) is 0 Å². The van der Waals surface area contributed by atoms with Crippen LogP contribution in [0, 0.1) is 12.3 Å². The summed E-state index contributed by atoms with van der Waals surface area (Å²) in [5.41, 5.74) is 0.604. The van der Waals surface area contributed by atoms with Crippen molar-refractivity contribution in [2.75, 3.05) is 26.7 Å². The number of ether oxygens (including phenoxy) is 1. The van der Waals surface area contributed by atoms with Crippen molar-refractivity contribution in [3.63, 3.8) is 0 Å². The number of methoxy groups -OCH3 is 1. The number of likely N-dealkylation sites (tertiary alicyclic amines) is 2. The maximum absolute atomic E-state index is 13.1. The minimum absolute atomic E-state index is 0.126. The molecule has 1 spiro atoms. The summed E-state index contributed by atoms with van der Waals surface area (Å²) in [7, 11) is 1.64. The van der Waals surface area contributed by atoms with E-state index in [0.29, 0.717) is 37.6 Å². The molecule has 1 aromatic carbocycles. The highest BCUT2D eigenvalue weighted by Gasteiger charge is 2.51. The molecule has 2 aromatic rings. The maximum Gasteiger partial charge on any atom is 0.289 e. The number of hydrogen-bond acceptors (Lipinski definition) is 4. The molecule has 0 aliphatic carbocycles. The molecule has 2 amide bonds. The predicted molar refractivity (Wildman–Crippen MR) is 99.4 cm³/mol. The highest BCUT2D eigenvalue weighted by Crippen LogP contribution is 2.41. The third-order valence-electron chi connectivity index (χ3n) is 5.70. The van der Waals surface area contributed by atoms with Crippen LogP contribution in [0.5, 0.6) is 5.75 Å². The molecule has 0 N–H and O–H groups in total. The molecule has 4 rings (SSSR count). The van der Waals surface area contributed by atoms with Crippen molar-refractivity contribution in [3.05, 3.63) is 53.5 Å². The fraction of sp³-hybridized carbons (Fsp3) is 0.429.